The highest BCUT2D eigenvalue weighted by Gasteiger charge is 2.28. The van der Waals surface area contributed by atoms with Crippen LogP contribution in [0, 0.1) is 5.92 Å². The molecule has 0 spiro atoms. The van der Waals surface area contributed by atoms with Crippen molar-refractivity contribution in [3.05, 3.63) is 21.4 Å². The Kier molecular flexibility index (Phi) is 3.86. The normalized spacial score (nSPS) is 24.3. The van der Waals surface area contributed by atoms with Gasteiger partial charge in [-0.15, -0.1) is 11.3 Å². The molecule has 1 aliphatic carbocycles. The number of carbonyl (C=O) groups is 1. The molecule has 0 aromatic carbocycles. The highest BCUT2D eigenvalue weighted by Crippen LogP contribution is 2.29. The molecular formula is C14H19NO3S2. The Hall–Kier alpha value is -0.880. The van der Waals surface area contributed by atoms with Crippen LogP contribution in [-0.4, -0.2) is 32.4 Å². The van der Waals surface area contributed by atoms with E-state index in [1.54, 1.807) is 0 Å². The van der Waals surface area contributed by atoms with E-state index in [1.165, 1.54) is 28.9 Å². The minimum Gasteiger partial charge on any atom is -0.351 e. The fraction of sp³-hybridized carbons (Fsp3) is 0.643. The van der Waals surface area contributed by atoms with E-state index in [4.69, 9.17) is 0 Å². The summed E-state index contributed by atoms with van der Waals surface area (Å²) in [6, 6.07) is 0. The van der Waals surface area contributed by atoms with Gasteiger partial charge in [-0.1, -0.05) is 0 Å². The van der Waals surface area contributed by atoms with Gasteiger partial charge in [0.05, 0.1) is 16.4 Å². The molecule has 0 unspecified atom stereocenters. The van der Waals surface area contributed by atoms with Crippen molar-refractivity contribution in [3.8, 4) is 0 Å². The van der Waals surface area contributed by atoms with Gasteiger partial charge in [-0.25, -0.2) is 8.42 Å². The van der Waals surface area contributed by atoms with Gasteiger partial charge in [0.2, 0.25) is 0 Å². The number of fused-ring (bicyclic) bond motifs is 1. The molecule has 1 atom stereocenters. The molecule has 2 aliphatic rings. The maximum Gasteiger partial charge on any atom is 0.261 e. The number of carbonyl (C=O) groups excluding carboxylic acids is 1. The molecule has 20 heavy (non-hydrogen) atoms. The Morgan fingerprint density at radius 2 is 2.15 bits per heavy atom. The van der Waals surface area contributed by atoms with E-state index in [9.17, 15) is 13.2 Å². The number of hydrogen-bond donors (Lipinski definition) is 1. The van der Waals surface area contributed by atoms with Gasteiger partial charge in [0.15, 0.2) is 9.84 Å². The number of sulfone groups is 1. The minimum absolute atomic E-state index is 0.0255. The second-order valence-electron chi connectivity index (χ2n) is 5.75. The SMILES string of the molecule is O=C(NC[C@H]1CCS(=O)(=O)C1)c1scc2c1CCCC2. The number of nitrogens with one attached hydrogen (secondary N) is 1. The summed E-state index contributed by atoms with van der Waals surface area (Å²) in [5.74, 6) is 0.541. The fourth-order valence-electron chi connectivity index (χ4n) is 3.06. The first-order valence-electron chi connectivity index (χ1n) is 7.13. The molecule has 3 rings (SSSR count). The molecule has 6 heteroatoms. The van der Waals surface area contributed by atoms with E-state index in [0.29, 0.717) is 13.0 Å². The molecule has 1 aromatic rings. The molecule has 4 nitrogen and oxygen atoms in total. The molecule has 2 heterocycles. The molecule has 0 bridgehead atoms. The smallest absolute Gasteiger partial charge is 0.261 e. The van der Waals surface area contributed by atoms with Crippen molar-refractivity contribution < 1.29 is 13.2 Å². The molecule has 110 valence electrons. The van der Waals surface area contributed by atoms with Crippen molar-refractivity contribution >= 4 is 27.1 Å². The van der Waals surface area contributed by atoms with Crippen molar-refractivity contribution in [2.75, 3.05) is 18.1 Å². The fourth-order valence-corrected chi connectivity index (χ4v) is 6.00. The highest BCUT2D eigenvalue weighted by atomic mass is 32.2. The Labute approximate surface area is 123 Å². The van der Waals surface area contributed by atoms with Crippen LogP contribution in [0.3, 0.4) is 0 Å². The van der Waals surface area contributed by atoms with Gasteiger partial charge in [0, 0.05) is 6.54 Å². The maximum absolute atomic E-state index is 12.2. The van der Waals surface area contributed by atoms with E-state index in [0.717, 1.165) is 24.1 Å². The van der Waals surface area contributed by atoms with Crippen LogP contribution in [0.4, 0.5) is 0 Å². The van der Waals surface area contributed by atoms with Crippen LogP contribution < -0.4 is 5.32 Å². The second-order valence-corrected chi connectivity index (χ2v) is 8.86. The zero-order valence-electron chi connectivity index (χ0n) is 11.4. The van der Waals surface area contributed by atoms with E-state index in [2.05, 4.69) is 10.7 Å². The first kappa shape index (κ1) is 14.1. The molecule has 1 saturated heterocycles. The summed E-state index contributed by atoms with van der Waals surface area (Å²) < 4.78 is 22.8. The first-order chi connectivity index (χ1) is 9.55. The lowest BCUT2D eigenvalue weighted by molar-refractivity contribution is 0.0951. The molecule has 1 aliphatic heterocycles. The maximum atomic E-state index is 12.2. The third-order valence-electron chi connectivity index (χ3n) is 4.19. The van der Waals surface area contributed by atoms with Crippen LogP contribution in [0.5, 0.6) is 0 Å². The van der Waals surface area contributed by atoms with E-state index in [1.807, 2.05) is 0 Å². The molecule has 1 aromatic heterocycles. The van der Waals surface area contributed by atoms with Gasteiger partial charge < -0.3 is 5.32 Å². The molecule has 1 fully saturated rings. The van der Waals surface area contributed by atoms with E-state index >= 15 is 0 Å². The molecule has 1 N–H and O–H groups in total. The molecule has 0 radical (unpaired) electrons. The molecule has 0 saturated carbocycles. The zero-order valence-corrected chi connectivity index (χ0v) is 13.0. The van der Waals surface area contributed by atoms with Crippen molar-refractivity contribution in [3.63, 3.8) is 0 Å². The van der Waals surface area contributed by atoms with E-state index < -0.39 is 9.84 Å². The highest BCUT2D eigenvalue weighted by molar-refractivity contribution is 7.91. The van der Waals surface area contributed by atoms with Crippen LogP contribution in [-0.2, 0) is 22.7 Å². The quantitative estimate of drug-likeness (QED) is 0.925. The van der Waals surface area contributed by atoms with Gasteiger partial charge in [-0.05, 0) is 54.5 Å². The first-order valence-corrected chi connectivity index (χ1v) is 9.83. The van der Waals surface area contributed by atoms with Gasteiger partial charge >= 0.3 is 0 Å². The monoisotopic (exact) mass is 313 g/mol. The van der Waals surface area contributed by atoms with Gasteiger partial charge in [-0.3, -0.25) is 4.79 Å². The summed E-state index contributed by atoms with van der Waals surface area (Å²) in [6.45, 7) is 0.477. The lowest BCUT2D eigenvalue weighted by Crippen LogP contribution is -2.30. The Bertz CT molecular complexity index is 618. The number of aryl methyl sites for hydroxylation is 1. The Morgan fingerprint density at radius 1 is 1.35 bits per heavy atom. The van der Waals surface area contributed by atoms with Crippen molar-refractivity contribution in [1.29, 1.82) is 0 Å². The standard InChI is InChI=1S/C14H19NO3S2/c16-14(15-7-10-5-6-20(17,18)9-10)13-12-4-2-1-3-11(12)8-19-13/h8,10H,1-7,9H2,(H,15,16)/t10-/m1/s1. The summed E-state index contributed by atoms with van der Waals surface area (Å²) in [6.07, 6.45) is 5.13. The van der Waals surface area contributed by atoms with Gasteiger partial charge in [-0.2, -0.15) is 0 Å². The summed E-state index contributed by atoms with van der Waals surface area (Å²) in [5, 5.41) is 5.02. The van der Waals surface area contributed by atoms with Crippen LogP contribution in [0.1, 0.15) is 40.1 Å². The number of amides is 1. The predicted molar refractivity (Wildman–Crippen MR) is 80.1 cm³/mol. The number of thiophene rings is 1. The predicted octanol–water partition coefficient (Wildman–Crippen LogP) is 1.79. The van der Waals surface area contributed by atoms with Crippen molar-refractivity contribution in [2.24, 2.45) is 5.92 Å². The largest absolute Gasteiger partial charge is 0.351 e. The summed E-state index contributed by atoms with van der Waals surface area (Å²) in [5.41, 5.74) is 2.55. The van der Waals surface area contributed by atoms with Crippen molar-refractivity contribution in [2.45, 2.75) is 32.1 Å². The zero-order chi connectivity index (χ0) is 14.2. The topological polar surface area (TPSA) is 63.2 Å². The van der Waals surface area contributed by atoms with E-state index in [-0.39, 0.29) is 23.3 Å². The molecular weight excluding hydrogens is 294 g/mol. The Balaban J connectivity index is 1.61. The third-order valence-corrected chi connectivity index (χ3v) is 7.09. The number of rotatable bonds is 3. The Morgan fingerprint density at radius 3 is 2.90 bits per heavy atom. The average molecular weight is 313 g/mol. The van der Waals surface area contributed by atoms with Crippen LogP contribution in [0.2, 0.25) is 0 Å². The van der Waals surface area contributed by atoms with Crippen LogP contribution >= 0.6 is 11.3 Å². The lowest BCUT2D eigenvalue weighted by Gasteiger charge is -2.13. The number of hydrogen-bond acceptors (Lipinski definition) is 4. The lowest BCUT2D eigenvalue weighted by atomic mass is 9.94. The van der Waals surface area contributed by atoms with Crippen LogP contribution in [0.25, 0.3) is 0 Å². The van der Waals surface area contributed by atoms with Gasteiger partial charge in [0.1, 0.15) is 0 Å². The average Bonchev–Trinajstić information content (AvgIpc) is 2.99. The summed E-state index contributed by atoms with van der Waals surface area (Å²) in [4.78, 5) is 13.1. The summed E-state index contributed by atoms with van der Waals surface area (Å²) in [7, 11) is -2.86. The summed E-state index contributed by atoms with van der Waals surface area (Å²) >= 11 is 1.53. The third kappa shape index (κ3) is 2.91. The van der Waals surface area contributed by atoms with Crippen molar-refractivity contribution in [1.82, 2.24) is 5.32 Å². The second kappa shape index (κ2) is 5.48. The van der Waals surface area contributed by atoms with Crippen LogP contribution in [0.15, 0.2) is 5.38 Å². The minimum atomic E-state index is -2.86. The molecule has 1 amide bonds. The van der Waals surface area contributed by atoms with Gasteiger partial charge in [0.25, 0.3) is 5.91 Å².